The minimum absolute atomic E-state index is 0.254. The molecule has 0 fully saturated rings. The van der Waals surface area contributed by atoms with Gasteiger partial charge in [-0.25, -0.2) is 4.98 Å². The van der Waals surface area contributed by atoms with Crippen molar-refractivity contribution in [2.45, 2.75) is 19.9 Å². The normalized spacial score (nSPS) is 10.3. The Morgan fingerprint density at radius 2 is 1.95 bits per heavy atom. The number of hydrogen-bond acceptors (Lipinski definition) is 4. The Hall–Kier alpha value is -2.56. The summed E-state index contributed by atoms with van der Waals surface area (Å²) in [5, 5.41) is 5.98. The van der Waals surface area contributed by atoms with Crippen LogP contribution in [0.3, 0.4) is 0 Å². The smallest absolute Gasteiger partial charge is 0.274 e. The van der Waals surface area contributed by atoms with Crippen LogP contribution in [0.1, 0.15) is 24.3 Å². The van der Waals surface area contributed by atoms with Crippen LogP contribution in [0, 0.1) is 0 Å². The molecule has 0 radical (unpaired) electrons. The van der Waals surface area contributed by atoms with Gasteiger partial charge in [0.15, 0.2) is 0 Å². The van der Waals surface area contributed by atoms with Crippen molar-refractivity contribution < 1.29 is 9.53 Å². The number of aromatic nitrogens is 1. The van der Waals surface area contributed by atoms with E-state index >= 15 is 0 Å². The van der Waals surface area contributed by atoms with Crippen molar-refractivity contribution in [1.29, 1.82) is 0 Å². The summed E-state index contributed by atoms with van der Waals surface area (Å²) in [5.74, 6) is 1.12. The number of carbonyl (C=O) groups is 1. The van der Waals surface area contributed by atoms with Crippen LogP contribution in [-0.2, 0) is 0 Å². The van der Waals surface area contributed by atoms with Crippen molar-refractivity contribution in [2.24, 2.45) is 0 Å². The average Bonchev–Trinajstić information content (AvgIpc) is 2.47. The van der Waals surface area contributed by atoms with Crippen molar-refractivity contribution in [3.05, 3.63) is 48.2 Å². The second-order valence-corrected chi connectivity index (χ2v) is 4.89. The zero-order chi connectivity index (χ0) is 15.2. The lowest BCUT2D eigenvalue weighted by atomic mass is 10.2. The molecule has 1 heterocycles. The first-order valence-corrected chi connectivity index (χ1v) is 6.77. The number of nitrogens with one attached hydrogen (secondary N) is 2. The van der Waals surface area contributed by atoms with E-state index in [4.69, 9.17) is 4.74 Å². The highest BCUT2D eigenvalue weighted by molar-refractivity contribution is 6.03. The SMILES string of the molecule is COc1cccc(NC(=O)c2cccc(NC(C)C)n2)c1. The van der Waals surface area contributed by atoms with Gasteiger partial charge in [-0.3, -0.25) is 4.79 Å². The molecule has 0 aliphatic carbocycles. The Morgan fingerprint density at radius 3 is 2.67 bits per heavy atom. The van der Waals surface area contributed by atoms with E-state index < -0.39 is 0 Å². The van der Waals surface area contributed by atoms with E-state index in [0.29, 0.717) is 22.9 Å². The molecule has 0 saturated carbocycles. The van der Waals surface area contributed by atoms with Gasteiger partial charge in [0, 0.05) is 17.8 Å². The predicted octanol–water partition coefficient (Wildman–Crippen LogP) is 3.16. The van der Waals surface area contributed by atoms with Gasteiger partial charge in [0.2, 0.25) is 0 Å². The highest BCUT2D eigenvalue weighted by Crippen LogP contribution is 2.17. The quantitative estimate of drug-likeness (QED) is 0.885. The van der Waals surface area contributed by atoms with Gasteiger partial charge in [-0.15, -0.1) is 0 Å². The number of hydrogen-bond donors (Lipinski definition) is 2. The number of anilines is 2. The molecule has 2 aromatic rings. The number of ether oxygens (including phenoxy) is 1. The van der Waals surface area contributed by atoms with Crippen LogP contribution in [0.15, 0.2) is 42.5 Å². The Kier molecular flexibility index (Phi) is 4.77. The summed E-state index contributed by atoms with van der Waals surface area (Å²) < 4.78 is 5.13. The van der Waals surface area contributed by atoms with Crippen LogP contribution < -0.4 is 15.4 Å². The summed E-state index contributed by atoms with van der Waals surface area (Å²) in [6, 6.07) is 12.8. The molecule has 1 aromatic carbocycles. The van der Waals surface area contributed by atoms with E-state index in [-0.39, 0.29) is 11.9 Å². The first kappa shape index (κ1) is 14.8. The van der Waals surface area contributed by atoms with E-state index in [1.807, 2.05) is 32.0 Å². The maximum absolute atomic E-state index is 12.2. The second kappa shape index (κ2) is 6.74. The number of pyridine rings is 1. The van der Waals surface area contributed by atoms with Gasteiger partial charge in [0.25, 0.3) is 5.91 Å². The average molecular weight is 285 g/mol. The van der Waals surface area contributed by atoms with Crippen LogP contribution in [0.5, 0.6) is 5.75 Å². The van der Waals surface area contributed by atoms with Gasteiger partial charge in [-0.1, -0.05) is 12.1 Å². The summed E-state index contributed by atoms with van der Waals surface area (Å²) in [6.07, 6.45) is 0. The summed E-state index contributed by atoms with van der Waals surface area (Å²) in [4.78, 5) is 16.5. The molecule has 0 aliphatic rings. The van der Waals surface area contributed by atoms with Crippen molar-refractivity contribution in [3.63, 3.8) is 0 Å². The fourth-order valence-corrected chi connectivity index (χ4v) is 1.83. The molecule has 1 aromatic heterocycles. The number of amides is 1. The molecule has 2 rings (SSSR count). The molecule has 1 amide bonds. The summed E-state index contributed by atoms with van der Waals surface area (Å²) in [5.41, 5.74) is 1.03. The molecule has 21 heavy (non-hydrogen) atoms. The lowest BCUT2D eigenvalue weighted by Crippen LogP contribution is -2.16. The van der Waals surface area contributed by atoms with Crippen LogP contribution >= 0.6 is 0 Å². The third kappa shape index (κ3) is 4.21. The Balaban J connectivity index is 2.12. The minimum atomic E-state index is -0.254. The van der Waals surface area contributed by atoms with E-state index in [0.717, 1.165) is 0 Å². The minimum Gasteiger partial charge on any atom is -0.497 e. The van der Waals surface area contributed by atoms with Crippen LogP contribution in [0.2, 0.25) is 0 Å². The van der Waals surface area contributed by atoms with E-state index in [9.17, 15) is 4.79 Å². The van der Waals surface area contributed by atoms with Crippen molar-refractivity contribution in [2.75, 3.05) is 17.7 Å². The number of methoxy groups -OCH3 is 1. The Labute approximate surface area is 124 Å². The third-order valence-electron chi connectivity index (χ3n) is 2.75. The van der Waals surface area contributed by atoms with Gasteiger partial charge in [-0.05, 0) is 38.1 Å². The monoisotopic (exact) mass is 285 g/mol. The van der Waals surface area contributed by atoms with Gasteiger partial charge in [-0.2, -0.15) is 0 Å². The molecular formula is C16H19N3O2. The topological polar surface area (TPSA) is 63.2 Å². The molecular weight excluding hydrogens is 266 g/mol. The predicted molar refractivity (Wildman–Crippen MR) is 83.9 cm³/mol. The van der Waals surface area contributed by atoms with Gasteiger partial charge >= 0.3 is 0 Å². The second-order valence-electron chi connectivity index (χ2n) is 4.89. The molecule has 110 valence electrons. The van der Waals surface area contributed by atoms with Gasteiger partial charge in [0.05, 0.1) is 7.11 Å². The van der Waals surface area contributed by atoms with Crippen molar-refractivity contribution in [3.8, 4) is 5.75 Å². The number of carbonyl (C=O) groups excluding carboxylic acids is 1. The zero-order valence-electron chi connectivity index (χ0n) is 12.4. The van der Waals surface area contributed by atoms with Crippen molar-refractivity contribution >= 4 is 17.4 Å². The Morgan fingerprint density at radius 1 is 1.19 bits per heavy atom. The standard InChI is InChI=1S/C16H19N3O2/c1-11(2)17-15-9-5-8-14(19-15)16(20)18-12-6-4-7-13(10-12)21-3/h4-11H,1-3H3,(H,17,19)(H,18,20). The summed E-state index contributed by atoms with van der Waals surface area (Å²) in [7, 11) is 1.59. The molecule has 0 unspecified atom stereocenters. The summed E-state index contributed by atoms with van der Waals surface area (Å²) in [6.45, 7) is 4.04. The maximum atomic E-state index is 12.2. The molecule has 0 spiro atoms. The van der Waals surface area contributed by atoms with Gasteiger partial charge in [0.1, 0.15) is 17.3 Å². The Bertz CT molecular complexity index is 626. The lowest BCUT2D eigenvalue weighted by Gasteiger charge is -2.10. The van der Waals surface area contributed by atoms with E-state index in [1.54, 1.807) is 31.4 Å². The number of nitrogens with zero attached hydrogens (tertiary/aromatic N) is 1. The van der Waals surface area contributed by atoms with E-state index in [1.165, 1.54) is 0 Å². The van der Waals surface area contributed by atoms with E-state index in [2.05, 4.69) is 15.6 Å². The molecule has 0 atom stereocenters. The summed E-state index contributed by atoms with van der Waals surface area (Å²) >= 11 is 0. The molecule has 5 nitrogen and oxygen atoms in total. The highest BCUT2D eigenvalue weighted by Gasteiger charge is 2.09. The number of rotatable bonds is 5. The van der Waals surface area contributed by atoms with Crippen LogP contribution in [-0.4, -0.2) is 24.0 Å². The zero-order valence-corrected chi connectivity index (χ0v) is 12.4. The molecule has 5 heteroatoms. The van der Waals surface area contributed by atoms with Gasteiger partial charge < -0.3 is 15.4 Å². The van der Waals surface area contributed by atoms with Crippen LogP contribution in [0.25, 0.3) is 0 Å². The first-order valence-electron chi connectivity index (χ1n) is 6.77. The third-order valence-corrected chi connectivity index (χ3v) is 2.75. The molecule has 0 bridgehead atoms. The largest absolute Gasteiger partial charge is 0.497 e. The molecule has 0 saturated heterocycles. The fourth-order valence-electron chi connectivity index (χ4n) is 1.83. The molecule has 2 N–H and O–H groups in total. The fraction of sp³-hybridized carbons (Fsp3) is 0.250. The lowest BCUT2D eigenvalue weighted by molar-refractivity contribution is 0.102. The molecule has 0 aliphatic heterocycles. The van der Waals surface area contributed by atoms with Crippen molar-refractivity contribution in [1.82, 2.24) is 4.98 Å². The maximum Gasteiger partial charge on any atom is 0.274 e. The number of benzene rings is 1. The van der Waals surface area contributed by atoms with Crippen LogP contribution in [0.4, 0.5) is 11.5 Å². The highest BCUT2D eigenvalue weighted by atomic mass is 16.5. The first-order chi connectivity index (χ1) is 10.1.